The average molecular weight is 521 g/mol. The first kappa shape index (κ1) is 28.2. The van der Waals surface area contributed by atoms with Crippen molar-refractivity contribution in [3.05, 3.63) is 22.8 Å². The van der Waals surface area contributed by atoms with Crippen LogP contribution < -0.4 is 5.32 Å². The van der Waals surface area contributed by atoms with Crippen molar-refractivity contribution in [3.8, 4) is 0 Å². The molecule has 190 valence electrons. The zero-order valence-electron chi connectivity index (χ0n) is 19.8. The Morgan fingerprint density at radius 1 is 1.18 bits per heavy atom. The Bertz CT molecular complexity index is 958. The molecule has 0 saturated carbocycles. The van der Waals surface area contributed by atoms with E-state index < -0.39 is 22.9 Å². The quantitative estimate of drug-likeness (QED) is 0.155. The number of alkyl halides is 3. The van der Waals surface area contributed by atoms with Crippen LogP contribution in [0.2, 0.25) is 0 Å². The number of carbonyl (C=O) groups is 2. The molecule has 0 atom stereocenters. The summed E-state index contributed by atoms with van der Waals surface area (Å²) >= 11 is 2.24. The number of hydrogen-bond acceptors (Lipinski definition) is 8. The number of halogens is 3. The lowest BCUT2D eigenvalue weighted by molar-refractivity contribution is -0.202. The lowest BCUT2D eigenvalue weighted by Crippen LogP contribution is -2.36. The minimum Gasteiger partial charge on any atom is -0.385 e. The minimum atomic E-state index is -5.22. The third-order valence-corrected chi connectivity index (χ3v) is 7.01. The van der Waals surface area contributed by atoms with Crippen LogP contribution in [0.3, 0.4) is 0 Å². The number of hydrogen-bond donors (Lipinski definition) is 1. The fourth-order valence-corrected chi connectivity index (χ4v) is 5.28. The zero-order chi connectivity index (χ0) is 25.4. The maximum atomic E-state index is 12.3. The van der Waals surface area contributed by atoms with Gasteiger partial charge < -0.3 is 10.1 Å². The van der Waals surface area contributed by atoms with E-state index in [0.717, 1.165) is 41.9 Å². The Morgan fingerprint density at radius 3 is 2.56 bits per heavy atom. The monoisotopic (exact) mass is 520 g/mol. The van der Waals surface area contributed by atoms with Crippen LogP contribution in [0.4, 0.5) is 19.0 Å². The van der Waals surface area contributed by atoms with E-state index in [1.165, 1.54) is 50.9 Å². The van der Waals surface area contributed by atoms with E-state index in [4.69, 9.17) is 0 Å². The Balaban J connectivity index is 1.84. The molecule has 0 aliphatic carbocycles. The average Bonchev–Trinajstić information content (AvgIpc) is 3.32. The highest BCUT2D eigenvalue weighted by molar-refractivity contribution is 8.03. The smallest absolute Gasteiger partial charge is 0.385 e. The number of unbranched alkanes of at least 4 members (excludes halogenated alkanes) is 4. The molecular formula is C22H31F3N4O3S2. The van der Waals surface area contributed by atoms with Gasteiger partial charge in [0.1, 0.15) is 10.6 Å². The molecule has 1 N–H and O–H groups in total. The molecule has 12 heteroatoms. The summed E-state index contributed by atoms with van der Waals surface area (Å²) in [5.41, 5.74) is 1.74. The van der Waals surface area contributed by atoms with E-state index in [9.17, 15) is 22.8 Å². The molecule has 0 amide bonds. The van der Waals surface area contributed by atoms with Gasteiger partial charge in [-0.3, -0.25) is 4.79 Å². The Kier molecular flexibility index (Phi) is 10.4. The number of carbonyl (C=O) groups excluding carboxylic acids is 2. The molecule has 0 aliphatic rings. The first-order valence-electron chi connectivity index (χ1n) is 11.2. The molecule has 0 radical (unpaired) electrons. The Morgan fingerprint density at radius 2 is 1.88 bits per heavy atom. The van der Waals surface area contributed by atoms with Crippen molar-refractivity contribution < 1.29 is 27.5 Å². The molecule has 34 heavy (non-hydrogen) atoms. The number of anilines is 1. The van der Waals surface area contributed by atoms with Gasteiger partial charge in [-0.1, -0.05) is 44.4 Å². The van der Waals surface area contributed by atoms with E-state index in [0.29, 0.717) is 17.3 Å². The van der Waals surface area contributed by atoms with Crippen molar-refractivity contribution in [2.45, 2.75) is 88.0 Å². The lowest BCUT2D eigenvalue weighted by Gasteiger charge is -2.19. The molecule has 2 aromatic rings. The maximum Gasteiger partial charge on any atom is 0.491 e. The molecule has 0 saturated heterocycles. The number of nitrogens with zero attached hydrogens (tertiary/aromatic N) is 3. The summed E-state index contributed by atoms with van der Waals surface area (Å²) in [7, 11) is 0. The van der Waals surface area contributed by atoms with Crippen LogP contribution in [0.15, 0.2) is 15.8 Å². The van der Waals surface area contributed by atoms with Crippen molar-refractivity contribution in [2.75, 3.05) is 11.9 Å². The fraction of sp³-hybridized carbons (Fsp3) is 0.636. The number of rotatable bonds is 13. The molecule has 7 nitrogen and oxygen atoms in total. The number of esters is 2. The second kappa shape index (κ2) is 12.6. The van der Waals surface area contributed by atoms with Gasteiger partial charge in [-0.15, -0.1) is 11.3 Å². The summed E-state index contributed by atoms with van der Waals surface area (Å²) < 4.78 is 42.1. The number of nitrogens with one attached hydrogen (secondary N) is 1. The highest BCUT2D eigenvalue weighted by atomic mass is 32.2. The van der Waals surface area contributed by atoms with Gasteiger partial charge in [0.2, 0.25) is 0 Å². The largest absolute Gasteiger partial charge is 0.491 e. The normalized spacial score (nSPS) is 12.1. The van der Waals surface area contributed by atoms with Crippen LogP contribution >= 0.6 is 23.1 Å². The summed E-state index contributed by atoms with van der Waals surface area (Å²) in [6, 6.07) is 2.00. The van der Waals surface area contributed by atoms with Crippen LogP contribution in [0.1, 0.15) is 64.3 Å². The number of aryl methyl sites for hydroxylation is 2. The molecule has 0 spiro atoms. The van der Waals surface area contributed by atoms with Crippen LogP contribution in [0, 0.1) is 6.92 Å². The van der Waals surface area contributed by atoms with Crippen LogP contribution in [0.5, 0.6) is 0 Å². The highest BCUT2D eigenvalue weighted by Crippen LogP contribution is 2.36. The van der Waals surface area contributed by atoms with E-state index >= 15 is 0 Å². The second-order valence-corrected chi connectivity index (χ2v) is 11.1. The van der Waals surface area contributed by atoms with Gasteiger partial charge >= 0.3 is 18.1 Å². The number of thioether (sulfide) groups is 1. The molecule has 0 unspecified atom stereocenters. The summed E-state index contributed by atoms with van der Waals surface area (Å²) in [5, 5.41) is 9.77. The molecule has 2 heterocycles. The van der Waals surface area contributed by atoms with Gasteiger partial charge in [-0.2, -0.15) is 18.3 Å². The van der Waals surface area contributed by atoms with Gasteiger partial charge in [0.05, 0.1) is 11.4 Å². The zero-order valence-corrected chi connectivity index (χ0v) is 21.5. The molecule has 0 aliphatic heterocycles. The predicted octanol–water partition coefficient (Wildman–Crippen LogP) is 5.78. The lowest BCUT2D eigenvalue weighted by atomic mass is 10.1. The third-order valence-electron chi connectivity index (χ3n) is 4.84. The molecule has 0 aromatic carbocycles. The van der Waals surface area contributed by atoms with E-state index in [1.54, 1.807) is 0 Å². The van der Waals surface area contributed by atoms with Gasteiger partial charge in [0.25, 0.3) is 0 Å². The number of thiazole rings is 1. The molecule has 2 aromatic heterocycles. The summed E-state index contributed by atoms with van der Waals surface area (Å²) in [4.78, 5) is 27.4. The topological polar surface area (TPSA) is 86.1 Å². The molecule has 0 fully saturated rings. The molecule has 2 rings (SSSR count). The number of aromatic nitrogens is 3. The van der Waals surface area contributed by atoms with Crippen LogP contribution in [0.25, 0.3) is 0 Å². The highest BCUT2D eigenvalue weighted by Gasteiger charge is 2.45. The van der Waals surface area contributed by atoms with E-state index in [2.05, 4.69) is 27.1 Å². The van der Waals surface area contributed by atoms with Crippen molar-refractivity contribution in [1.82, 2.24) is 14.8 Å². The van der Waals surface area contributed by atoms with Gasteiger partial charge in [0, 0.05) is 31.0 Å². The van der Waals surface area contributed by atoms with Crippen LogP contribution in [-0.4, -0.2) is 44.2 Å². The van der Waals surface area contributed by atoms with Crippen molar-refractivity contribution in [3.63, 3.8) is 0 Å². The summed E-state index contributed by atoms with van der Waals surface area (Å²) in [6.07, 6.45) is 1.35. The first-order valence-corrected chi connectivity index (χ1v) is 12.9. The minimum absolute atomic E-state index is 0.504. The summed E-state index contributed by atoms with van der Waals surface area (Å²) in [6.45, 7) is 8.41. The Labute approximate surface area is 205 Å². The Hall–Kier alpha value is -2.08. The third kappa shape index (κ3) is 8.94. The number of ether oxygens (including phenoxy) is 1. The van der Waals surface area contributed by atoms with Gasteiger partial charge in [0.15, 0.2) is 4.34 Å². The predicted molar refractivity (Wildman–Crippen MR) is 127 cm³/mol. The van der Waals surface area contributed by atoms with Crippen LogP contribution in [-0.2, 0) is 27.3 Å². The summed E-state index contributed by atoms with van der Waals surface area (Å²) in [5.74, 6) is -2.83. The molecular weight excluding hydrogens is 489 g/mol. The fourth-order valence-electron chi connectivity index (χ4n) is 3.02. The van der Waals surface area contributed by atoms with Gasteiger partial charge in [-0.25, -0.2) is 14.5 Å². The van der Waals surface area contributed by atoms with Crippen molar-refractivity contribution in [2.24, 2.45) is 0 Å². The second-order valence-electron chi connectivity index (χ2n) is 8.38. The van der Waals surface area contributed by atoms with Crippen molar-refractivity contribution >= 4 is 40.9 Å². The SMILES string of the molecule is CCCCCCCn1nc(C)cc1NCCc1csc(SC(C)(C)C(=O)OC(=O)C(F)(F)F)n1. The first-order chi connectivity index (χ1) is 15.9. The standard InChI is InChI=1S/C22H31F3N4O3S2/c1-5-6-7-8-9-12-29-17(13-15(2)28-29)26-11-10-16-14-33-20(27-16)34-21(3,4)18(30)32-19(31)22(23,24)25/h13-14,26H,5-12H2,1-4H3. The van der Waals surface area contributed by atoms with Gasteiger partial charge in [-0.05, 0) is 27.2 Å². The molecule has 0 bridgehead atoms. The van der Waals surface area contributed by atoms with Crippen molar-refractivity contribution in [1.29, 1.82) is 0 Å². The van der Waals surface area contributed by atoms with E-state index in [-0.39, 0.29) is 0 Å². The maximum absolute atomic E-state index is 12.3. The van der Waals surface area contributed by atoms with E-state index in [1.807, 2.05) is 23.1 Å².